The maximum Gasteiger partial charge on any atom is 0.305 e. The summed E-state index contributed by atoms with van der Waals surface area (Å²) in [4.78, 5) is 67.6. The van der Waals surface area contributed by atoms with Gasteiger partial charge in [0.25, 0.3) is 0 Å². The number of carboxylic acids is 3. The van der Waals surface area contributed by atoms with Crippen LogP contribution in [0.4, 0.5) is 0 Å². The lowest BCUT2D eigenvalue weighted by atomic mass is 10.1. The first-order valence-electron chi connectivity index (χ1n) is 7.45. The summed E-state index contributed by atoms with van der Waals surface area (Å²) in [5.74, 6) is -6.72. The van der Waals surface area contributed by atoms with Gasteiger partial charge in [0.2, 0.25) is 17.7 Å². The zero-order chi connectivity index (χ0) is 20.4. The minimum absolute atomic E-state index is 0.424. The van der Waals surface area contributed by atoms with Crippen molar-refractivity contribution in [1.29, 1.82) is 0 Å². The van der Waals surface area contributed by atoms with Crippen molar-refractivity contribution in [3.05, 3.63) is 0 Å². The van der Waals surface area contributed by atoms with Crippen LogP contribution in [0.25, 0.3) is 0 Å². The molecule has 0 aliphatic rings. The molecular weight excluding hydrogens is 354 g/mol. The zero-order valence-electron chi connectivity index (χ0n) is 14.1. The summed E-state index contributed by atoms with van der Waals surface area (Å²) in [6.07, 6.45) is -2.02. The van der Waals surface area contributed by atoms with E-state index in [9.17, 15) is 28.8 Å². The SMILES string of the molecule is CC(=O)N[C@@H](CC(=O)O)C(=O)N[C@@H](CC(=O)O)C(=O)N[C@H](C)CC(=O)O. The molecule has 0 saturated carbocycles. The number of nitrogens with one attached hydrogen (secondary N) is 3. The van der Waals surface area contributed by atoms with Gasteiger partial charge in [-0.25, -0.2) is 0 Å². The highest BCUT2D eigenvalue weighted by atomic mass is 16.4. The summed E-state index contributed by atoms with van der Waals surface area (Å²) in [5.41, 5.74) is 0. The molecule has 3 amide bonds. The van der Waals surface area contributed by atoms with E-state index in [0.29, 0.717) is 0 Å². The summed E-state index contributed by atoms with van der Waals surface area (Å²) in [5, 5.41) is 32.7. The van der Waals surface area contributed by atoms with Gasteiger partial charge in [-0.3, -0.25) is 28.8 Å². The molecule has 0 aromatic carbocycles. The third kappa shape index (κ3) is 9.85. The first kappa shape index (κ1) is 22.8. The van der Waals surface area contributed by atoms with E-state index in [-0.39, 0.29) is 0 Å². The fourth-order valence-corrected chi connectivity index (χ4v) is 1.94. The van der Waals surface area contributed by atoms with Gasteiger partial charge in [0.15, 0.2) is 0 Å². The van der Waals surface area contributed by atoms with Crippen LogP contribution in [0.5, 0.6) is 0 Å². The maximum absolute atomic E-state index is 12.1. The van der Waals surface area contributed by atoms with Crippen molar-refractivity contribution in [2.24, 2.45) is 0 Å². The maximum atomic E-state index is 12.1. The van der Waals surface area contributed by atoms with Crippen LogP contribution in [0.15, 0.2) is 0 Å². The van der Waals surface area contributed by atoms with Gasteiger partial charge in [0.05, 0.1) is 19.3 Å². The monoisotopic (exact) mass is 375 g/mol. The molecule has 0 aliphatic carbocycles. The summed E-state index contributed by atoms with van der Waals surface area (Å²) in [6.45, 7) is 2.42. The molecule has 0 radical (unpaired) electrons. The van der Waals surface area contributed by atoms with Crippen LogP contribution in [0.3, 0.4) is 0 Å². The molecule has 6 N–H and O–H groups in total. The molecule has 0 aromatic rings. The largest absolute Gasteiger partial charge is 0.481 e. The van der Waals surface area contributed by atoms with Crippen molar-refractivity contribution in [1.82, 2.24) is 16.0 Å². The Balaban J connectivity index is 5.15. The van der Waals surface area contributed by atoms with E-state index >= 15 is 0 Å². The van der Waals surface area contributed by atoms with Crippen LogP contribution in [0, 0.1) is 0 Å². The highest BCUT2D eigenvalue weighted by Gasteiger charge is 2.30. The van der Waals surface area contributed by atoms with Crippen molar-refractivity contribution >= 4 is 35.6 Å². The molecule has 0 aliphatic heterocycles. The molecule has 0 fully saturated rings. The highest BCUT2D eigenvalue weighted by molar-refractivity contribution is 5.95. The molecule has 0 spiro atoms. The van der Waals surface area contributed by atoms with Crippen molar-refractivity contribution in [2.45, 2.75) is 51.2 Å². The molecule has 0 bridgehead atoms. The summed E-state index contributed by atoms with van der Waals surface area (Å²) >= 11 is 0. The normalized spacial score (nSPS) is 13.6. The molecule has 26 heavy (non-hydrogen) atoms. The zero-order valence-corrected chi connectivity index (χ0v) is 14.1. The van der Waals surface area contributed by atoms with Gasteiger partial charge in [0, 0.05) is 13.0 Å². The number of carbonyl (C=O) groups is 6. The molecule has 12 heteroatoms. The topological polar surface area (TPSA) is 199 Å². The van der Waals surface area contributed by atoms with Gasteiger partial charge in [0.1, 0.15) is 12.1 Å². The summed E-state index contributed by atoms with van der Waals surface area (Å²) < 4.78 is 0. The molecule has 0 heterocycles. The molecular formula is C14H21N3O9. The molecule has 12 nitrogen and oxygen atoms in total. The average Bonchev–Trinajstić information content (AvgIpc) is 2.43. The Kier molecular flexibility index (Phi) is 9.34. The van der Waals surface area contributed by atoms with Gasteiger partial charge in [-0.05, 0) is 6.92 Å². The first-order chi connectivity index (χ1) is 11.9. The van der Waals surface area contributed by atoms with Gasteiger partial charge >= 0.3 is 17.9 Å². The summed E-state index contributed by atoms with van der Waals surface area (Å²) in [6, 6.07) is -3.93. The van der Waals surface area contributed by atoms with Crippen LogP contribution in [-0.4, -0.2) is 69.1 Å². The van der Waals surface area contributed by atoms with Gasteiger partial charge in [-0.15, -0.1) is 0 Å². The van der Waals surface area contributed by atoms with Gasteiger partial charge < -0.3 is 31.3 Å². The van der Waals surface area contributed by atoms with Crippen LogP contribution >= 0.6 is 0 Å². The molecule has 0 rings (SSSR count). The van der Waals surface area contributed by atoms with E-state index in [4.69, 9.17) is 15.3 Å². The lowest BCUT2D eigenvalue weighted by molar-refractivity contribution is -0.143. The van der Waals surface area contributed by atoms with Crippen LogP contribution in [-0.2, 0) is 28.8 Å². The van der Waals surface area contributed by atoms with E-state index in [0.717, 1.165) is 6.92 Å². The Bertz CT molecular complexity index is 574. The second-order valence-electron chi connectivity index (χ2n) is 5.52. The second kappa shape index (κ2) is 10.6. The Morgan fingerprint density at radius 1 is 0.692 bits per heavy atom. The van der Waals surface area contributed by atoms with E-state index < -0.39 is 73.0 Å². The van der Waals surface area contributed by atoms with Crippen molar-refractivity contribution in [2.75, 3.05) is 0 Å². The first-order valence-corrected chi connectivity index (χ1v) is 7.45. The molecule has 0 saturated heterocycles. The van der Waals surface area contributed by atoms with Crippen molar-refractivity contribution in [3.63, 3.8) is 0 Å². The smallest absolute Gasteiger partial charge is 0.305 e. The molecule has 0 aromatic heterocycles. The quantitative estimate of drug-likeness (QED) is 0.234. The third-order valence-corrected chi connectivity index (χ3v) is 2.95. The second-order valence-corrected chi connectivity index (χ2v) is 5.52. The highest BCUT2D eigenvalue weighted by Crippen LogP contribution is 2.00. The fourth-order valence-electron chi connectivity index (χ4n) is 1.94. The number of carbonyl (C=O) groups excluding carboxylic acids is 3. The van der Waals surface area contributed by atoms with Crippen LogP contribution < -0.4 is 16.0 Å². The minimum Gasteiger partial charge on any atom is -0.481 e. The van der Waals surface area contributed by atoms with Crippen molar-refractivity contribution < 1.29 is 44.1 Å². The number of aliphatic carboxylic acids is 3. The van der Waals surface area contributed by atoms with Gasteiger partial charge in [-0.2, -0.15) is 0 Å². The van der Waals surface area contributed by atoms with Crippen LogP contribution in [0.2, 0.25) is 0 Å². The number of carboxylic acid groups (broad SMARTS) is 3. The van der Waals surface area contributed by atoms with Gasteiger partial charge in [-0.1, -0.05) is 0 Å². The van der Waals surface area contributed by atoms with E-state index in [2.05, 4.69) is 16.0 Å². The Morgan fingerprint density at radius 3 is 1.46 bits per heavy atom. The molecule has 146 valence electrons. The Labute approximate surface area is 147 Å². The molecule has 3 atom stereocenters. The summed E-state index contributed by atoms with van der Waals surface area (Å²) in [7, 11) is 0. The van der Waals surface area contributed by atoms with E-state index in [1.165, 1.54) is 6.92 Å². The standard InChI is InChI=1S/C14H21N3O9/c1-6(3-10(19)20)15-13(25)9(5-12(23)24)17-14(26)8(4-11(21)22)16-7(2)18/h6,8-9H,3-5H2,1-2H3,(H,15,25)(H,16,18)(H,17,26)(H,19,20)(H,21,22)(H,23,24)/t6-,8+,9+/m1/s1. The number of rotatable bonds is 11. The van der Waals surface area contributed by atoms with Crippen molar-refractivity contribution in [3.8, 4) is 0 Å². The van der Waals surface area contributed by atoms with E-state index in [1.54, 1.807) is 0 Å². The predicted octanol–water partition coefficient (Wildman–Crippen LogP) is -2.10. The average molecular weight is 375 g/mol. The van der Waals surface area contributed by atoms with Crippen LogP contribution in [0.1, 0.15) is 33.1 Å². The Morgan fingerprint density at radius 2 is 1.08 bits per heavy atom. The predicted molar refractivity (Wildman–Crippen MR) is 83.9 cm³/mol. The Hall–Kier alpha value is -3.18. The minimum atomic E-state index is -1.58. The molecule has 0 unspecified atom stereocenters. The third-order valence-electron chi connectivity index (χ3n) is 2.95. The fraction of sp³-hybridized carbons (Fsp3) is 0.571. The number of hydrogen-bond acceptors (Lipinski definition) is 6. The van der Waals surface area contributed by atoms with E-state index in [1.807, 2.05) is 0 Å². The number of hydrogen-bond donors (Lipinski definition) is 6. The lowest BCUT2D eigenvalue weighted by Gasteiger charge is -2.22. The number of amides is 3. The lowest BCUT2D eigenvalue weighted by Crippen LogP contribution is -2.55.